The van der Waals surface area contributed by atoms with E-state index in [0.717, 1.165) is 43.2 Å². The molecule has 1 aliphatic rings. The molecule has 0 bridgehead atoms. The highest BCUT2D eigenvalue weighted by molar-refractivity contribution is 6.30. The zero-order valence-corrected chi connectivity index (χ0v) is 17.4. The third-order valence-electron chi connectivity index (χ3n) is 5.16. The summed E-state index contributed by atoms with van der Waals surface area (Å²) in [6.45, 7) is 7.25. The maximum absolute atomic E-state index is 12.6. The van der Waals surface area contributed by atoms with Crippen LogP contribution in [0.4, 0.5) is 0 Å². The first-order chi connectivity index (χ1) is 13.5. The van der Waals surface area contributed by atoms with Gasteiger partial charge in [0.1, 0.15) is 12.4 Å². The van der Waals surface area contributed by atoms with Crippen molar-refractivity contribution in [1.82, 2.24) is 10.2 Å². The van der Waals surface area contributed by atoms with E-state index in [1.54, 1.807) is 0 Å². The molecule has 5 heteroatoms. The maximum Gasteiger partial charge on any atom is 0.223 e. The van der Waals surface area contributed by atoms with Gasteiger partial charge in [-0.05, 0) is 69.6 Å². The highest BCUT2D eigenvalue weighted by atomic mass is 35.5. The molecule has 3 rings (SSSR count). The third-order valence-corrected chi connectivity index (χ3v) is 5.40. The number of halogens is 1. The number of likely N-dealkylation sites (tertiary alicyclic amines) is 1. The molecule has 1 N–H and O–H groups in total. The van der Waals surface area contributed by atoms with Gasteiger partial charge >= 0.3 is 0 Å². The zero-order valence-electron chi connectivity index (χ0n) is 16.7. The summed E-state index contributed by atoms with van der Waals surface area (Å²) in [7, 11) is 0. The standard InChI is InChI=1S/C23H29ClN2O2/c1-17-6-8-22(9-7-17)28-16-18(2)25-23(27)20-10-12-26(13-11-20)15-19-4-3-5-21(24)14-19/h3-9,14,18,20H,10-13,15-16H2,1-2H3,(H,25,27)/t18-/m0/s1. The molecule has 0 spiro atoms. The van der Waals surface area contributed by atoms with E-state index in [9.17, 15) is 4.79 Å². The predicted octanol–water partition coefficient (Wildman–Crippen LogP) is 4.44. The molecule has 1 atom stereocenters. The lowest BCUT2D eigenvalue weighted by molar-refractivity contribution is -0.127. The van der Waals surface area contributed by atoms with Crippen molar-refractivity contribution in [2.45, 2.75) is 39.3 Å². The van der Waals surface area contributed by atoms with Crippen LogP contribution >= 0.6 is 11.6 Å². The van der Waals surface area contributed by atoms with Gasteiger partial charge in [-0.1, -0.05) is 41.4 Å². The summed E-state index contributed by atoms with van der Waals surface area (Å²) in [5.74, 6) is 1.06. The molecule has 4 nitrogen and oxygen atoms in total. The first-order valence-corrected chi connectivity index (χ1v) is 10.3. The van der Waals surface area contributed by atoms with E-state index in [-0.39, 0.29) is 17.9 Å². The van der Waals surface area contributed by atoms with Crippen LogP contribution in [0.2, 0.25) is 5.02 Å². The van der Waals surface area contributed by atoms with Crippen LogP contribution in [0.15, 0.2) is 48.5 Å². The molecule has 0 aromatic heterocycles. The van der Waals surface area contributed by atoms with Crippen LogP contribution in [0.5, 0.6) is 5.75 Å². The van der Waals surface area contributed by atoms with Crippen molar-refractivity contribution in [2.75, 3.05) is 19.7 Å². The van der Waals surface area contributed by atoms with Crippen LogP contribution in [0, 0.1) is 12.8 Å². The number of carbonyl (C=O) groups excluding carboxylic acids is 1. The lowest BCUT2D eigenvalue weighted by atomic mass is 9.95. The summed E-state index contributed by atoms with van der Waals surface area (Å²) in [6.07, 6.45) is 1.77. The van der Waals surface area contributed by atoms with E-state index < -0.39 is 0 Å². The number of hydrogen-bond donors (Lipinski definition) is 1. The van der Waals surface area contributed by atoms with E-state index in [1.807, 2.05) is 56.3 Å². The highest BCUT2D eigenvalue weighted by Crippen LogP contribution is 2.20. The molecular weight excluding hydrogens is 372 g/mol. The number of ether oxygens (including phenoxy) is 1. The first-order valence-electron chi connectivity index (χ1n) is 9.96. The molecule has 0 saturated carbocycles. The van der Waals surface area contributed by atoms with Gasteiger partial charge in [-0.25, -0.2) is 0 Å². The SMILES string of the molecule is Cc1ccc(OC[C@H](C)NC(=O)C2CCN(Cc3cccc(Cl)c3)CC2)cc1. The Hall–Kier alpha value is -2.04. The zero-order chi connectivity index (χ0) is 19.9. The second kappa shape index (κ2) is 9.94. The summed E-state index contributed by atoms with van der Waals surface area (Å²) >= 11 is 6.07. The highest BCUT2D eigenvalue weighted by Gasteiger charge is 2.25. The average molecular weight is 401 g/mol. The van der Waals surface area contributed by atoms with Crippen LogP contribution < -0.4 is 10.1 Å². The number of amides is 1. The maximum atomic E-state index is 12.6. The Morgan fingerprint density at radius 3 is 2.61 bits per heavy atom. The fourth-order valence-electron chi connectivity index (χ4n) is 3.50. The molecule has 2 aromatic carbocycles. The van der Waals surface area contributed by atoms with Crippen LogP contribution in [0.25, 0.3) is 0 Å². The van der Waals surface area contributed by atoms with Crippen molar-refractivity contribution >= 4 is 17.5 Å². The van der Waals surface area contributed by atoms with Crippen molar-refractivity contribution in [1.29, 1.82) is 0 Å². The Bertz CT molecular complexity index is 770. The molecule has 0 unspecified atom stereocenters. The van der Waals surface area contributed by atoms with E-state index in [4.69, 9.17) is 16.3 Å². The molecule has 150 valence electrons. The van der Waals surface area contributed by atoms with Crippen molar-refractivity contribution in [3.05, 3.63) is 64.7 Å². The van der Waals surface area contributed by atoms with Crippen LogP contribution in [0.1, 0.15) is 30.9 Å². The smallest absolute Gasteiger partial charge is 0.223 e. The third kappa shape index (κ3) is 6.25. The number of carbonyl (C=O) groups is 1. The summed E-state index contributed by atoms with van der Waals surface area (Å²) in [5, 5.41) is 3.88. The number of nitrogens with one attached hydrogen (secondary N) is 1. The number of piperidine rings is 1. The first kappa shape index (κ1) is 20.7. The monoisotopic (exact) mass is 400 g/mol. The Morgan fingerprint density at radius 2 is 1.93 bits per heavy atom. The van der Waals surface area contributed by atoms with Crippen LogP contribution in [-0.2, 0) is 11.3 Å². The molecule has 1 saturated heterocycles. The van der Waals surface area contributed by atoms with Gasteiger partial charge in [0.25, 0.3) is 0 Å². The summed E-state index contributed by atoms with van der Waals surface area (Å²) in [5.41, 5.74) is 2.42. The van der Waals surface area contributed by atoms with Crippen molar-refractivity contribution in [3.63, 3.8) is 0 Å². The molecule has 1 amide bonds. The number of rotatable bonds is 7. The van der Waals surface area contributed by atoms with Gasteiger partial charge in [-0.15, -0.1) is 0 Å². The number of benzene rings is 2. The van der Waals surface area contributed by atoms with Gasteiger partial charge in [0.15, 0.2) is 0 Å². The molecule has 1 fully saturated rings. The minimum atomic E-state index is -0.0155. The summed E-state index contributed by atoms with van der Waals surface area (Å²) < 4.78 is 5.77. The number of hydrogen-bond acceptors (Lipinski definition) is 3. The van der Waals surface area contributed by atoms with Crippen LogP contribution in [0.3, 0.4) is 0 Å². The van der Waals surface area contributed by atoms with Crippen molar-refractivity contribution < 1.29 is 9.53 Å². The Kier molecular flexibility index (Phi) is 7.35. The fraction of sp³-hybridized carbons (Fsp3) is 0.435. The van der Waals surface area contributed by atoms with Gasteiger partial charge in [-0.2, -0.15) is 0 Å². The fourth-order valence-corrected chi connectivity index (χ4v) is 3.72. The lowest BCUT2D eigenvalue weighted by Crippen LogP contribution is -2.44. The van der Waals surface area contributed by atoms with Crippen molar-refractivity contribution in [2.24, 2.45) is 5.92 Å². The van der Waals surface area contributed by atoms with E-state index in [1.165, 1.54) is 11.1 Å². The number of nitrogens with zero attached hydrogens (tertiary/aromatic N) is 1. The van der Waals surface area contributed by atoms with E-state index in [0.29, 0.717) is 6.61 Å². The van der Waals surface area contributed by atoms with Gasteiger partial charge in [0, 0.05) is 17.5 Å². The molecule has 2 aromatic rings. The Morgan fingerprint density at radius 1 is 1.21 bits per heavy atom. The van der Waals surface area contributed by atoms with Gasteiger partial charge < -0.3 is 10.1 Å². The normalized spacial score (nSPS) is 16.5. The Balaban J connectivity index is 1.38. The quantitative estimate of drug-likeness (QED) is 0.746. The molecule has 28 heavy (non-hydrogen) atoms. The van der Waals surface area contributed by atoms with Gasteiger partial charge in [-0.3, -0.25) is 9.69 Å². The molecule has 1 heterocycles. The Labute approximate surface area is 172 Å². The topological polar surface area (TPSA) is 41.6 Å². The minimum Gasteiger partial charge on any atom is -0.491 e. The molecular formula is C23H29ClN2O2. The van der Waals surface area contributed by atoms with E-state index >= 15 is 0 Å². The second-order valence-corrected chi connectivity index (χ2v) is 8.15. The number of aryl methyl sites for hydroxylation is 1. The molecule has 1 aliphatic heterocycles. The molecule has 0 radical (unpaired) electrons. The molecule has 0 aliphatic carbocycles. The largest absolute Gasteiger partial charge is 0.491 e. The lowest BCUT2D eigenvalue weighted by Gasteiger charge is -2.32. The predicted molar refractivity (Wildman–Crippen MR) is 114 cm³/mol. The van der Waals surface area contributed by atoms with Gasteiger partial charge in [0.2, 0.25) is 5.91 Å². The summed E-state index contributed by atoms with van der Waals surface area (Å²) in [6, 6.07) is 15.9. The second-order valence-electron chi connectivity index (χ2n) is 7.71. The van der Waals surface area contributed by atoms with E-state index in [2.05, 4.69) is 16.3 Å². The minimum absolute atomic E-state index is 0.0155. The average Bonchev–Trinajstić information content (AvgIpc) is 2.68. The van der Waals surface area contributed by atoms with Crippen LogP contribution in [-0.4, -0.2) is 36.5 Å². The van der Waals surface area contributed by atoms with Gasteiger partial charge in [0.05, 0.1) is 6.04 Å². The summed E-state index contributed by atoms with van der Waals surface area (Å²) in [4.78, 5) is 15.0. The van der Waals surface area contributed by atoms with Crippen molar-refractivity contribution in [3.8, 4) is 5.75 Å².